The number of carbonyl (C=O) groups excluding carboxylic acids is 1. The van der Waals surface area contributed by atoms with E-state index in [0.29, 0.717) is 4.47 Å². The molecule has 1 aliphatic rings. The van der Waals surface area contributed by atoms with Crippen molar-refractivity contribution in [3.63, 3.8) is 0 Å². The number of anilines is 1. The Bertz CT molecular complexity index is 899. The second-order valence-corrected chi connectivity index (χ2v) is 8.73. The summed E-state index contributed by atoms with van der Waals surface area (Å²) in [5, 5.41) is 0. The third-order valence-corrected chi connectivity index (χ3v) is 6.17. The minimum Gasteiger partial charge on any atom is -0.309 e. The second kappa shape index (κ2) is 7.27. The van der Waals surface area contributed by atoms with Crippen molar-refractivity contribution in [2.24, 2.45) is 0 Å². The number of para-hydroxylation sites is 1. The molecule has 0 aliphatic carbocycles. The first kappa shape index (κ1) is 18.1. The van der Waals surface area contributed by atoms with Crippen LogP contribution in [0.3, 0.4) is 0 Å². The maximum Gasteiger partial charge on any atom is 0.240 e. The number of hydrogen-bond acceptors (Lipinski definition) is 3. The first-order valence-corrected chi connectivity index (χ1v) is 10.3. The molecule has 1 heterocycles. The highest BCUT2D eigenvalue weighted by Gasteiger charge is 2.30. The minimum absolute atomic E-state index is 0.0685. The summed E-state index contributed by atoms with van der Waals surface area (Å²) in [6, 6.07) is 14.4. The van der Waals surface area contributed by atoms with Crippen LogP contribution in [0, 0.1) is 0 Å². The summed E-state index contributed by atoms with van der Waals surface area (Å²) < 4.78 is 27.8. The molecule has 2 aromatic rings. The Morgan fingerprint density at radius 1 is 1.24 bits per heavy atom. The van der Waals surface area contributed by atoms with Crippen molar-refractivity contribution in [2.45, 2.75) is 30.7 Å². The number of rotatable bonds is 5. The molecule has 0 unspecified atom stereocenters. The zero-order chi connectivity index (χ0) is 18.0. The van der Waals surface area contributed by atoms with Gasteiger partial charge in [-0.3, -0.25) is 4.79 Å². The smallest absolute Gasteiger partial charge is 0.240 e. The number of halogens is 1. The van der Waals surface area contributed by atoms with Crippen LogP contribution in [0.5, 0.6) is 0 Å². The van der Waals surface area contributed by atoms with Crippen LogP contribution in [0.1, 0.15) is 18.9 Å². The quantitative estimate of drug-likeness (QED) is 0.804. The van der Waals surface area contributed by atoms with Crippen LogP contribution >= 0.6 is 15.9 Å². The predicted octanol–water partition coefficient (Wildman–Crippen LogP) is 3.10. The Morgan fingerprint density at radius 3 is 2.76 bits per heavy atom. The van der Waals surface area contributed by atoms with Gasteiger partial charge < -0.3 is 4.90 Å². The molecule has 1 atom stereocenters. The van der Waals surface area contributed by atoms with Gasteiger partial charge in [-0.25, -0.2) is 13.1 Å². The maximum atomic E-state index is 12.6. The number of nitrogens with zero attached hydrogens (tertiary/aromatic N) is 1. The van der Waals surface area contributed by atoms with E-state index in [-0.39, 0.29) is 29.8 Å². The van der Waals surface area contributed by atoms with Crippen molar-refractivity contribution in [3.8, 4) is 0 Å². The topological polar surface area (TPSA) is 66.5 Å². The fourth-order valence-corrected chi connectivity index (χ4v) is 4.70. The van der Waals surface area contributed by atoms with E-state index in [1.54, 1.807) is 17.0 Å². The molecule has 5 nitrogen and oxygen atoms in total. The summed E-state index contributed by atoms with van der Waals surface area (Å²) in [6.45, 7) is 2.07. The predicted molar refractivity (Wildman–Crippen MR) is 101 cm³/mol. The lowest BCUT2D eigenvalue weighted by Gasteiger charge is -2.22. The van der Waals surface area contributed by atoms with E-state index in [1.165, 1.54) is 12.1 Å². The van der Waals surface area contributed by atoms with Crippen LogP contribution in [0.2, 0.25) is 0 Å². The molecule has 3 rings (SSSR count). The van der Waals surface area contributed by atoms with Gasteiger partial charge in [-0.05, 0) is 43.2 Å². The van der Waals surface area contributed by atoms with Crippen molar-refractivity contribution >= 4 is 37.5 Å². The Kier molecular flexibility index (Phi) is 5.27. The molecule has 25 heavy (non-hydrogen) atoms. The van der Waals surface area contributed by atoms with E-state index in [2.05, 4.69) is 20.7 Å². The van der Waals surface area contributed by atoms with E-state index in [4.69, 9.17) is 0 Å². The number of sulfonamides is 1. The Hall–Kier alpha value is -1.70. The van der Waals surface area contributed by atoms with Crippen molar-refractivity contribution in [1.82, 2.24) is 4.72 Å². The Morgan fingerprint density at radius 2 is 2.00 bits per heavy atom. The Labute approximate surface area is 156 Å². The molecule has 7 heteroatoms. The molecule has 1 aliphatic heterocycles. The van der Waals surface area contributed by atoms with Gasteiger partial charge in [0, 0.05) is 29.2 Å². The normalized spacial score (nSPS) is 16.7. The molecule has 1 N–H and O–H groups in total. The van der Waals surface area contributed by atoms with Gasteiger partial charge in [-0.1, -0.05) is 40.2 Å². The lowest BCUT2D eigenvalue weighted by atomic mass is 10.1. The fourth-order valence-electron chi connectivity index (χ4n) is 3.08. The SMILES string of the molecule is C[C@@H]1Cc2ccccc2N1C(=O)CCNS(=O)(=O)c1cccc(Br)c1. The fraction of sp³-hybridized carbons (Fsp3) is 0.278. The van der Waals surface area contributed by atoms with Crippen LogP contribution in [0.4, 0.5) is 5.69 Å². The molecule has 0 saturated heterocycles. The van der Waals surface area contributed by atoms with Crippen molar-refractivity contribution < 1.29 is 13.2 Å². The van der Waals surface area contributed by atoms with Gasteiger partial charge >= 0.3 is 0 Å². The average molecular weight is 423 g/mol. The van der Waals surface area contributed by atoms with Crippen LogP contribution < -0.4 is 9.62 Å². The summed E-state index contributed by atoms with van der Waals surface area (Å²) in [4.78, 5) is 14.5. The average Bonchev–Trinajstić information content (AvgIpc) is 2.90. The van der Waals surface area contributed by atoms with Crippen LogP contribution in [-0.4, -0.2) is 26.9 Å². The van der Waals surface area contributed by atoms with E-state index in [9.17, 15) is 13.2 Å². The van der Waals surface area contributed by atoms with E-state index in [0.717, 1.165) is 17.7 Å². The highest BCUT2D eigenvalue weighted by Crippen LogP contribution is 2.32. The number of hydrogen-bond donors (Lipinski definition) is 1. The lowest BCUT2D eigenvalue weighted by molar-refractivity contribution is -0.118. The lowest BCUT2D eigenvalue weighted by Crippen LogP contribution is -2.38. The summed E-state index contributed by atoms with van der Waals surface area (Å²) in [6.07, 6.45) is 0.942. The van der Waals surface area contributed by atoms with Gasteiger partial charge in [0.15, 0.2) is 0 Å². The number of amides is 1. The molecule has 0 aromatic heterocycles. The standard InChI is InChI=1S/C18H19BrN2O3S/c1-13-11-14-5-2-3-8-17(14)21(13)18(22)9-10-20-25(23,24)16-7-4-6-15(19)12-16/h2-8,12-13,20H,9-11H2,1H3/t13-/m1/s1. The van der Waals surface area contributed by atoms with Crippen LogP contribution in [0.25, 0.3) is 0 Å². The first-order valence-electron chi connectivity index (χ1n) is 8.04. The van der Waals surface area contributed by atoms with Gasteiger partial charge in [-0.15, -0.1) is 0 Å². The molecule has 1 amide bonds. The number of benzene rings is 2. The van der Waals surface area contributed by atoms with E-state index >= 15 is 0 Å². The van der Waals surface area contributed by atoms with E-state index in [1.807, 2.05) is 31.2 Å². The zero-order valence-corrected chi connectivity index (χ0v) is 16.2. The third kappa shape index (κ3) is 3.94. The minimum atomic E-state index is -3.63. The maximum absolute atomic E-state index is 12.6. The van der Waals surface area contributed by atoms with E-state index < -0.39 is 10.0 Å². The first-order chi connectivity index (χ1) is 11.9. The largest absolute Gasteiger partial charge is 0.309 e. The zero-order valence-electron chi connectivity index (χ0n) is 13.8. The molecular weight excluding hydrogens is 404 g/mol. The number of nitrogens with one attached hydrogen (secondary N) is 1. The Balaban J connectivity index is 1.63. The summed E-state index contributed by atoms with van der Waals surface area (Å²) in [7, 11) is -3.63. The van der Waals surface area contributed by atoms with Gasteiger partial charge in [0.05, 0.1) is 4.90 Å². The molecular formula is C18H19BrN2O3S. The van der Waals surface area contributed by atoms with Crippen LogP contribution in [-0.2, 0) is 21.2 Å². The highest BCUT2D eigenvalue weighted by atomic mass is 79.9. The molecule has 0 saturated carbocycles. The van der Waals surface area contributed by atoms with Crippen molar-refractivity contribution in [2.75, 3.05) is 11.4 Å². The van der Waals surface area contributed by atoms with Gasteiger partial charge in [-0.2, -0.15) is 0 Å². The van der Waals surface area contributed by atoms with Crippen molar-refractivity contribution in [3.05, 3.63) is 58.6 Å². The highest BCUT2D eigenvalue weighted by molar-refractivity contribution is 9.10. The third-order valence-electron chi connectivity index (χ3n) is 4.21. The second-order valence-electron chi connectivity index (χ2n) is 6.05. The molecule has 0 fully saturated rings. The molecule has 0 spiro atoms. The van der Waals surface area contributed by atoms with Gasteiger partial charge in [0.1, 0.15) is 0 Å². The summed E-state index contributed by atoms with van der Waals surface area (Å²) in [5.74, 6) is -0.0746. The number of fused-ring (bicyclic) bond motifs is 1. The molecule has 0 radical (unpaired) electrons. The summed E-state index contributed by atoms with van der Waals surface area (Å²) >= 11 is 3.26. The monoisotopic (exact) mass is 422 g/mol. The number of carbonyl (C=O) groups is 1. The molecule has 132 valence electrons. The van der Waals surface area contributed by atoms with Gasteiger partial charge in [0.2, 0.25) is 15.9 Å². The van der Waals surface area contributed by atoms with Crippen molar-refractivity contribution in [1.29, 1.82) is 0 Å². The molecule has 2 aromatic carbocycles. The van der Waals surface area contributed by atoms with Gasteiger partial charge in [0.25, 0.3) is 0 Å². The summed E-state index contributed by atoms with van der Waals surface area (Å²) in [5.41, 5.74) is 2.08. The molecule has 0 bridgehead atoms. The van der Waals surface area contributed by atoms with Crippen LogP contribution in [0.15, 0.2) is 57.9 Å².